The predicted molar refractivity (Wildman–Crippen MR) is 65.5 cm³/mol. The number of nitrogens with one attached hydrogen (secondary N) is 1. The zero-order chi connectivity index (χ0) is 13.0. The molecule has 5 nitrogen and oxygen atoms in total. The van der Waals surface area contributed by atoms with Crippen LogP contribution in [0.1, 0.15) is 25.7 Å². The third-order valence-electron chi connectivity index (χ3n) is 2.85. The lowest BCUT2D eigenvalue weighted by molar-refractivity contribution is 0.106. The molecule has 6 heteroatoms. The molecule has 0 saturated heterocycles. The molecule has 0 radical (unpaired) electrons. The van der Waals surface area contributed by atoms with Gasteiger partial charge in [0, 0.05) is 0 Å². The molecule has 0 aromatic heterocycles. The van der Waals surface area contributed by atoms with Crippen LogP contribution in [0.2, 0.25) is 0 Å². The molecule has 1 N–H and O–H groups in total. The normalized spacial score (nSPS) is 16.4. The minimum absolute atomic E-state index is 0.0494. The molecule has 1 saturated carbocycles. The Morgan fingerprint density at radius 1 is 1.17 bits per heavy atom. The van der Waals surface area contributed by atoms with Gasteiger partial charge in [0.25, 0.3) is 10.0 Å². The van der Waals surface area contributed by atoms with Gasteiger partial charge in [-0.15, -0.1) is 0 Å². The maximum atomic E-state index is 11.8. The molecule has 1 aliphatic carbocycles. The number of rotatable bonds is 3. The highest BCUT2D eigenvalue weighted by atomic mass is 32.2. The Morgan fingerprint density at radius 3 is 2.39 bits per heavy atom. The molecular formula is C12H15NO4S. The predicted octanol–water partition coefficient (Wildman–Crippen LogP) is 2.04. The number of benzene rings is 1. The van der Waals surface area contributed by atoms with Gasteiger partial charge >= 0.3 is 6.09 Å². The molecule has 2 rings (SSSR count). The standard InChI is InChI=1S/C12H15NO4S/c14-12(17-10-6-4-5-7-10)13-18(15,16)11-8-2-1-3-9-11/h1-3,8-10H,4-7H2,(H,13,14). The second-order valence-corrected chi connectivity index (χ2v) is 5.91. The van der Waals surface area contributed by atoms with Crippen LogP contribution in [-0.2, 0) is 14.8 Å². The zero-order valence-corrected chi connectivity index (χ0v) is 10.7. The summed E-state index contributed by atoms with van der Waals surface area (Å²) in [5.74, 6) is 0. The molecule has 0 unspecified atom stereocenters. The average Bonchev–Trinajstić information content (AvgIpc) is 2.82. The summed E-state index contributed by atoms with van der Waals surface area (Å²) in [5.41, 5.74) is 0. The Kier molecular flexibility index (Phi) is 3.86. The van der Waals surface area contributed by atoms with Crippen molar-refractivity contribution in [2.24, 2.45) is 0 Å². The smallest absolute Gasteiger partial charge is 0.421 e. The van der Waals surface area contributed by atoms with E-state index in [-0.39, 0.29) is 11.0 Å². The maximum absolute atomic E-state index is 11.8. The van der Waals surface area contributed by atoms with Gasteiger partial charge in [0.15, 0.2) is 0 Å². The highest BCUT2D eigenvalue weighted by Gasteiger charge is 2.23. The van der Waals surface area contributed by atoms with E-state index >= 15 is 0 Å². The summed E-state index contributed by atoms with van der Waals surface area (Å²) in [6, 6.07) is 7.74. The minimum atomic E-state index is -3.83. The molecule has 0 heterocycles. The van der Waals surface area contributed by atoms with Crippen LogP contribution in [0.4, 0.5) is 4.79 Å². The Balaban J connectivity index is 1.98. The SMILES string of the molecule is O=C(NS(=O)(=O)c1ccccc1)OC1CCCC1. The summed E-state index contributed by atoms with van der Waals surface area (Å²) in [6.07, 6.45) is 2.59. The second-order valence-electron chi connectivity index (χ2n) is 4.23. The first kappa shape index (κ1) is 12.9. The fraction of sp³-hybridized carbons (Fsp3) is 0.417. The Morgan fingerprint density at radius 2 is 1.78 bits per heavy atom. The van der Waals surface area contributed by atoms with E-state index in [9.17, 15) is 13.2 Å². The van der Waals surface area contributed by atoms with Crippen molar-refractivity contribution >= 4 is 16.1 Å². The summed E-state index contributed by atoms with van der Waals surface area (Å²) in [7, 11) is -3.83. The van der Waals surface area contributed by atoms with Crippen molar-refractivity contribution in [3.05, 3.63) is 30.3 Å². The summed E-state index contributed by atoms with van der Waals surface area (Å²) >= 11 is 0. The summed E-state index contributed by atoms with van der Waals surface area (Å²) in [4.78, 5) is 11.5. The van der Waals surface area contributed by atoms with Crippen molar-refractivity contribution in [1.82, 2.24) is 4.72 Å². The fourth-order valence-electron chi connectivity index (χ4n) is 1.95. The van der Waals surface area contributed by atoms with E-state index in [4.69, 9.17) is 4.74 Å². The summed E-state index contributed by atoms with van der Waals surface area (Å²) in [6.45, 7) is 0. The lowest BCUT2D eigenvalue weighted by atomic mass is 10.3. The third kappa shape index (κ3) is 3.22. The molecule has 1 aromatic carbocycles. The van der Waals surface area contributed by atoms with E-state index in [0.717, 1.165) is 25.7 Å². The third-order valence-corrected chi connectivity index (χ3v) is 4.18. The summed E-state index contributed by atoms with van der Waals surface area (Å²) in [5, 5.41) is 0. The van der Waals surface area contributed by atoms with E-state index in [2.05, 4.69) is 0 Å². The molecule has 0 atom stereocenters. The van der Waals surface area contributed by atoms with Crippen molar-refractivity contribution in [3.63, 3.8) is 0 Å². The quantitative estimate of drug-likeness (QED) is 0.911. The topological polar surface area (TPSA) is 72.5 Å². The molecule has 1 aliphatic rings. The van der Waals surface area contributed by atoms with Gasteiger partial charge in [-0.2, -0.15) is 0 Å². The van der Waals surface area contributed by atoms with Gasteiger partial charge in [0.05, 0.1) is 4.90 Å². The van der Waals surface area contributed by atoms with Gasteiger partial charge in [0.1, 0.15) is 6.10 Å². The Bertz CT molecular complexity index is 506. The van der Waals surface area contributed by atoms with Gasteiger partial charge in [-0.3, -0.25) is 0 Å². The van der Waals surface area contributed by atoms with Gasteiger partial charge < -0.3 is 4.74 Å². The first-order valence-electron chi connectivity index (χ1n) is 5.86. The monoisotopic (exact) mass is 269 g/mol. The lowest BCUT2D eigenvalue weighted by Crippen LogP contribution is -2.33. The van der Waals surface area contributed by atoms with Crippen LogP contribution in [0, 0.1) is 0 Å². The van der Waals surface area contributed by atoms with E-state index in [1.165, 1.54) is 12.1 Å². The van der Waals surface area contributed by atoms with E-state index in [1.54, 1.807) is 18.2 Å². The van der Waals surface area contributed by atoms with Gasteiger partial charge in [-0.1, -0.05) is 18.2 Å². The number of hydrogen-bond donors (Lipinski definition) is 1. The number of carbonyl (C=O) groups excluding carboxylic acids is 1. The first-order chi connectivity index (χ1) is 8.58. The number of sulfonamides is 1. The number of amides is 1. The number of carbonyl (C=O) groups is 1. The van der Waals surface area contributed by atoms with Crippen LogP contribution in [0.5, 0.6) is 0 Å². The largest absolute Gasteiger partial charge is 0.446 e. The van der Waals surface area contributed by atoms with Gasteiger partial charge in [0.2, 0.25) is 0 Å². The van der Waals surface area contributed by atoms with Crippen molar-refractivity contribution in [2.45, 2.75) is 36.7 Å². The highest BCUT2D eigenvalue weighted by molar-refractivity contribution is 7.90. The van der Waals surface area contributed by atoms with Crippen LogP contribution in [-0.4, -0.2) is 20.6 Å². The molecule has 1 amide bonds. The maximum Gasteiger partial charge on any atom is 0.421 e. The van der Waals surface area contributed by atoms with Crippen molar-refractivity contribution in [3.8, 4) is 0 Å². The Hall–Kier alpha value is -1.56. The Labute approximate surface area is 106 Å². The van der Waals surface area contributed by atoms with E-state index in [1.807, 2.05) is 4.72 Å². The molecule has 18 heavy (non-hydrogen) atoms. The second kappa shape index (κ2) is 5.39. The number of hydrogen-bond acceptors (Lipinski definition) is 4. The van der Waals surface area contributed by atoms with Crippen molar-refractivity contribution in [1.29, 1.82) is 0 Å². The van der Waals surface area contributed by atoms with Crippen LogP contribution in [0.15, 0.2) is 35.2 Å². The zero-order valence-electron chi connectivity index (χ0n) is 9.83. The first-order valence-corrected chi connectivity index (χ1v) is 7.35. The van der Waals surface area contributed by atoms with Crippen LogP contribution >= 0.6 is 0 Å². The van der Waals surface area contributed by atoms with E-state index in [0.29, 0.717) is 0 Å². The molecular weight excluding hydrogens is 254 g/mol. The van der Waals surface area contributed by atoms with Crippen molar-refractivity contribution < 1.29 is 17.9 Å². The summed E-state index contributed by atoms with van der Waals surface area (Å²) < 4.78 is 30.6. The van der Waals surface area contributed by atoms with Crippen LogP contribution in [0.25, 0.3) is 0 Å². The molecule has 0 aliphatic heterocycles. The fourth-order valence-corrected chi connectivity index (χ4v) is 2.85. The van der Waals surface area contributed by atoms with Crippen LogP contribution < -0.4 is 4.72 Å². The highest BCUT2D eigenvalue weighted by Crippen LogP contribution is 2.21. The molecule has 1 aromatic rings. The lowest BCUT2D eigenvalue weighted by Gasteiger charge is -2.12. The van der Waals surface area contributed by atoms with Crippen LogP contribution in [0.3, 0.4) is 0 Å². The molecule has 1 fully saturated rings. The average molecular weight is 269 g/mol. The number of ether oxygens (including phenoxy) is 1. The van der Waals surface area contributed by atoms with Gasteiger partial charge in [-0.25, -0.2) is 17.9 Å². The molecule has 0 bridgehead atoms. The van der Waals surface area contributed by atoms with Gasteiger partial charge in [-0.05, 0) is 37.8 Å². The minimum Gasteiger partial charge on any atom is -0.446 e. The van der Waals surface area contributed by atoms with Crippen molar-refractivity contribution in [2.75, 3.05) is 0 Å². The van der Waals surface area contributed by atoms with E-state index < -0.39 is 16.1 Å². The molecule has 0 spiro atoms. The molecule has 98 valence electrons.